The molecule has 1 rings (SSSR count). The van der Waals surface area contributed by atoms with Gasteiger partial charge in [-0.15, -0.1) is 0 Å². The van der Waals surface area contributed by atoms with Crippen molar-refractivity contribution in [3.63, 3.8) is 0 Å². The molecule has 1 aromatic carbocycles. The number of anilines is 2. The van der Waals surface area contributed by atoms with E-state index in [2.05, 4.69) is 24.1 Å². The third kappa shape index (κ3) is 3.26. The number of benzene rings is 1. The zero-order chi connectivity index (χ0) is 12.0. The SMILES string of the molecule is CCC(=O)Nc1ccc(N(CC)CC)cc1. The van der Waals surface area contributed by atoms with Gasteiger partial charge in [0, 0.05) is 30.9 Å². The number of amides is 1. The summed E-state index contributed by atoms with van der Waals surface area (Å²) in [6, 6.07) is 7.97. The number of rotatable bonds is 5. The summed E-state index contributed by atoms with van der Waals surface area (Å²) >= 11 is 0. The third-order valence-electron chi connectivity index (χ3n) is 2.60. The van der Waals surface area contributed by atoms with Gasteiger partial charge in [0.25, 0.3) is 0 Å². The highest BCUT2D eigenvalue weighted by atomic mass is 16.1. The molecule has 1 amide bonds. The number of nitrogens with zero attached hydrogens (tertiary/aromatic N) is 1. The normalized spacial score (nSPS) is 9.94. The fourth-order valence-electron chi connectivity index (χ4n) is 1.59. The quantitative estimate of drug-likeness (QED) is 0.827. The summed E-state index contributed by atoms with van der Waals surface area (Å²) in [5, 5.41) is 2.84. The monoisotopic (exact) mass is 220 g/mol. The number of hydrogen-bond acceptors (Lipinski definition) is 2. The van der Waals surface area contributed by atoms with Gasteiger partial charge in [-0.1, -0.05) is 6.92 Å². The minimum absolute atomic E-state index is 0.0515. The van der Waals surface area contributed by atoms with Gasteiger partial charge >= 0.3 is 0 Å². The Labute approximate surface area is 97.5 Å². The molecule has 0 heterocycles. The second-order valence-corrected chi connectivity index (χ2v) is 3.62. The molecule has 0 saturated carbocycles. The number of carbonyl (C=O) groups is 1. The lowest BCUT2D eigenvalue weighted by molar-refractivity contribution is -0.115. The van der Waals surface area contributed by atoms with Crippen molar-refractivity contribution >= 4 is 17.3 Å². The number of carbonyl (C=O) groups excluding carboxylic acids is 1. The molecule has 0 unspecified atom stereocenters. The minimum Gasteiger partial charge on any atom is -0.372 e. The Kier molecular flexibility index (Phi) is 4.83. The summed E-state index contributed by atoms with van der Waals surface area (Å²) in [5.41, 5.74) is 2.06. The van der Waals surface area contributed by atoms with Crippen LogP contribution in [0.3, 0.4) is 0 Å². The standard InChI is InChI=1S/C13H20N2O/c1-4-13(16)14-11-7-9-12(10-8-11)15(5-2)6-3/h7-10H,4-6H2,1-3H3,(H,14,16). The van der Waals surface area contributed by atoms with E-state index < -0.39 is 0 Å². The topological polar surface area (TPSA) is 32.3 Å². The van der Waals surface area contributed by atoms with Gasteiger partial charge in [-0.2, -0.15) is 0 Å². The van der Waals surface area contributed by atoms with E-state index in [4.69, 9.17) is 0 Å². The molecule has 0 aliphatic heterocycles. The van der Waals surface area contributed by atoms with Gasteiger partial charge in [0.1, 0.15) is 0 Å². The molecule has 0 radical (unpaired) electrons. The lowest BCUT2D eigenvalue weighted by Crippen LogP contribution is -2.21. The molecule has 0 spiro atoms. The molecule has 16 heavy (non-hydrogen) atoms. The van der Waals surface area contributed by atoms with Crippen molar-refractivity contribution in [2.24, 2.45) is 0 Å². The van der Waals surface area contributed by atoms with Crippen LogP contribution in [0.15, 0.2) is 24.3 Å². The van der Waals surface area contributed by atoms with Crippen LogP contribution in [0, 0.1) is 0 Å². The molecule has 0 aliphatic carbocycles. The van der Waals surface area contributed by atoms with Crippen LogP contribution in [0.4, 0.5) is 11.4 Å². The Morgan fingerprint density at radius 2 is 1.69 bits per heavy atom. The van der Waals surface area contributed by atoms with Crippen molar-refractivity contribution in [2.75, 3.05) is 23.3 Å². The highest BCUT2D eigenvalue weighted by Gasteiger charge is 2.02. The molecule has 3 heteroatoms. The van der Waals surface area contributed by atoms with Crippen molar-refractivity contribution in [1.29, 1.82) is 0 Å². The maximum atomic E-state index is 11.2. The van der Waals surface area contributed by atoms with Crippen LogP contribution in [0.25, 0.3) is 0 Å². The second kappa shape index (κ2) is 6.16. The molecule has 0 atom stereocenters. The van der Waals surface area contributed by atoms with Crippen LogP contribution in [0.2, 0.25) is 0 Å². The third-order valence-corrected chi connectivity index (χ3v) is 2.60. The van der Waals surface area contributed by atoms with Crippen LogP contribution >= 0.6 is 0 Å². The zero-order valence-electron chi connectivity index (χ0n) is 10.3. The molecule has 0 aliphatic rings. The molecule has 88 valence electrons. The number of nitrogens with one attached hydrogen (secondary N) is 1. The van der Waals surface area contributed by atoms with E-state index >= 15 is 0 Å². The van der Waals surface area contributed by atoms with Crippen LogP contribution in [-0.4, -0.2) is 19.0 Å². The van der Waals surface area contributed by atoms with E-state index in [1.807, 2.05) is 31.2 Å². The van der Waals surface area contributed by atoms with Crippen LogP contribution in [0.1, 0.15) is 27.2 Å². The van der Waals surface area contributed by atoms with Gasteiger partial charge in [0.15, 0.2) is 0 Å². The Hall–Kier alpha value is -1.51. The Balaban J connectivity index is 2.70. The molecule has 3 nitrogen and oxygen atoms in total. The van der Waals surface area contributed by atoms with E-state index in [1.54, 1.807) is 0 Å². The van der Waals surface area contributed by atoms with Crippen molar-refractivity contribution in [1.82, 2.24) is 0 Å². The average molecular weight is 220 g/mol. The Morgan fingerprint density at radius 3 is 2.12 bits per heavy atom. The molecular formula is C13H20N2O. The molecule has 1 aromatic rings. The first-order valence-electron chi connectivity index (χ1n) is 5.86. The summed E-state index contributed by atoms with van der Waals surface area (Å²) in [6.07, 6.45) is 0.512. The van der Waals surface area contributed by atoms with Crippen LogP contribution < -0.4 is 10.2 Å². The predicted molar refractivity (Wildman–Crippen MR) is 68.9 cm³/mol. The molecule has 0 fully saturated rings. The first-order chi connectivity index (χ1) is 7.71. The maximum absolute atomic E-state index is 11.2. The van der Waals surface area contributed by atoms with E-state index in [1.165, 1.54) is 5.69 Å². The summed E-state index contributed by atoms with van der Waals surface area (Å²) in [5.74, 6) is 0.0515. The molecule has 1 N–H and O–H groups in total. The molecule has 0 bridgehead atoms. The van der Waals surface area contributed by atoms with Gasteiger partial charge in [0.2, 0.25) is 5.91 Å². The zero-order valence-corrected chi connectivity index (χ0v) is 10.3. The fourth-order valence-corrected chi connectivity index (χ4v) is 1.59. The van der Waals surface area contributed by atoms with Gasteiger partial charge in [-0.25, -0.2) is 0 Å². The van der Waals surface area contributed by atoms with Crippen LogP contribution in [0.5, 0.6) is 0 Å². The Bertz CT molecular complexity index is 328. The predicted octanol–water partition coefficient (Wildman–Crippen LogP) is 2.88. The van der Waals surface area contributed by atoms with Gasteiger partial charge in [-0.3, -0.25) is 4.79 Å². The van der Waals surface area contributed by atoms with E-state index in [0.29, 0.717) is 6.42 Å². The fraction of sp³-hybridized carbons (Fsp3) is 0.462. The van der Waals surface area contributed by atoms with Crippen LogP contribution in [-0.2, 0) is 4.79 Å². The van der Waals surface area contributed by atoms with Crippen molar-refractivity contribution < 1.29 is 4.79 Å². The minimum atomic E-state index is 0.0515. The first kappa shape index (κ1) is 12.6. The average Bonchev–Trinajstić information content (AvgIpc) is 2.32. The van der Waals surface area contributed by atoms with Crippen molar-refractivity contribution in [3.05, 3.63) is 24.3 Å². The smallest absolute Gasteiger partial charge is 0.224 e. The van der Waals surface area contributed by atoms with Gasteiger partial charge < -0.3 is 10.2 Å². The highest BCUT2D eigenvalue weighted by molar-refractivity contribution is 5.90. The highest BCUT2D eigenvalue weighted by Crippen LogP contribution is 2.17. The van der Waals surface area contributed by atoms with Crippen molar-refractivity contribution in [3.8, 4) is 0 Å². The number of hydrogen-bond donors (Lipinski definition) is 1. The lowest BCUT2D eigenvalue weighted by Gasteiger charge is -2.21. The Morgan fingerprint density at radius 1 is 1.12 bits per heavy atom. The first-order valence-corrected chi connectivity index (χ1v) is 5.86. The summed E-state index contributed by atoms with van der Waals surface area (Å²) in [4.78, 5) is 13.5. The molecule has 0 aromatic heterocycles. The summed E-state index contributed by atoms with van der Waals surface area (Å²) in [7, 11) is 0. The molecule has 0 saturated heterocycles. The lowest BCUT2D eigenvalue weighted by atomic mass is 10.2. The summed E-state index contributed by atoms with van der Waals surface area (Å²) in [6.45, 7) is 8.11. The van der Waals surface area contributed by atoms with E-state index in [9.17, 15) is 4.79 Å². The largest absolute Gasteiger partial charge is 0.372 e. The van der Waals surface area contributed by atoms with Crippen molar-refractivity contribution in [2.45, 2.75) is 27.2 Å². The van der Waals surface area contributed by atoms with Gasteiger partial charge in [0.05, 0.1) is 0 Å². The van der Waals surface area contributed by atoms with E-state index in [-0.39, 0.29) is 5.91 Å². The second-order valence-electron chi connectivity index (χ2n) is 3.62. The summed E-state index contributed by atoms with van der Waals surface area (Å²) < 4.78 is 0. The van der Waals surface area contributed by atoms with Gasteiger partial charge in [-0.05, 0) is 38.1 Å². The molecular weight excluding hydrogens is 200 g/mol. The van der Waals surface area contributed by atoms with E-state index in [0.717, 1.165) is 18.8 Å². The maximum Gasteiger partial charge on any atom is 0.224 e.